The third-order valence-corrected chi connectivity index (χ3v) is 4.70. The number of nitrogens with one attached hydrogen (secondary N) is 1. The molecule has 0 saturated carbocycles. The number of hydrogen-bond donors (Lipinski definition) is 1. The quantitative estimate of drug-likeness (QED) is 0.448. The molecule has 0 spiro atoms. The number of rotatable bonds is 6. The van der Waals surface area contributed by atoms with Crippen LogP contribution in [-0.2, 0) is 4.79 Å². The van der Waals surface area contributed by atoms with Crippen molar-refractivity contribution in [2.45, 2.75) is 13.0 Å². The molecule has 0 unspecified atom stereocenters. The molecule has 7 heteroatoms. The number of aromatic nitrogens is 2. The van der Waals surface area contributed by atoms with Crippen LogP contribution in [0, 0.1) is 0 Å². The maximum atomic E-state index is 12.6. The van der Waals surface area contributed by atoms with Crippen LogP contribution in [0.3, 0.4) is 0 Å². The lowest BCUT2D eigenvalue weighted by atomic mass is 10.2. The number of ether oxygens (including phenoxy) is 1. The van der Waals surface area contributed by atoms with Gasteiger partial charge in [0, 0.05) is 5.56 Å². The highest BCUT2D eigenvalue weighted by molar-refractivity contribution is 6.33. The Hall–Kier alpha value is -3.64. The summed E-state index contributed by atoms with van der Waals surface area (Å²) in [5, 5.41) is 11.5. The van der Waals surface area contributed by atoms with Crippen LogP contribution in [0.4, 0.5) is 5.69 Å². The maximum absolute atomic E-state index is 12.6. The largest absolute Gasteiger partial charge is 0.480 e. The molecule has 0 saturated heterocycles. The predicted octanol–water partition coefficient (Wildman–Crippen LogP) is 5.46. The molecule has 3 aromatic carbocycles. The van der Waals surface area contributed by atoms with Gasteiger partial charge in [-0.15, -0.1) is 10.2 Å². The fourth-order valence-electron chi connectivity index (χ4n) is 2.82. The van der Waals surface area contributed by atoms with Crippen LogP contribution in [0.25, 0.3) is 22.9 Å². The second-order valence-electron chi connectivity index (χ2n) is 6.50. The molecule has 1 atom stereocenters. The van der Waals surface area contributed by atoms with Crippen LogP contribution in [0.5, 0.6) is 5.75 Å². The van der Waals surface area contributed by atoms with Crippen molar-refractivity contribution in [2.75, 3.05) is 5.32 Å². The second-order valence-corrected chi connectivity index (χ2v) is 6.91. The molecule has 6 nitrogen and oxygen atoms in total. The van der Waals surface area contributed by atoms with Crippen molar-refractivity contribution in [3.8, 4) is 28.7 Å². The molecule has 1 N–H and O–H groups in total. The minimum absolute atomic E-state index is 0.308. The Bertz CT molecular complexity index is 1160. The Labute approximate surface area is 178 Å². The third-order valence-electron chi connectivity index (χ3n) is 4.37. The van der Waals surface area contributed by atoms with Crippen LogP contribution in [-0.4, -0.2) is 22.2 Å². The Kier molecular flexibility index (Phi) is 5.77. The third kappa shape index (κ3) is 4.34. The summed E-state index contributed by atoms with van der Waals surface area (Å²) in [4.78, 5) is 12.6. The van der Waals surface area contributed by atoms with Crippen molar-refractivity contribution in [2.24, 2.45) is 0 Å². The first-order chi connectivity index (χ1) is 14.6. The monoisotopic (exact) mass is 419 g/mol. The molecular weight excluding hydrogens is 402 g/mol. The summed E-state index contributed by atoms with van der Waals surface area (Å²) in [5.74, 6) is 0.851. The van der Waals surface area contributed by atoms with E-state index in [9.17, 15) is 4.79 Å². The lowest BCUT2D eigenvalue weighted by Gasteiger charge is -2.16. The van der Waals surface area contributed by atoms with Crippen LogP contribution >= 0.6 is 11.6 Å². The first kappa shape index (κ1) is 19.7. The van der Waals surface area contributed by atoms with Gasteiger partial charge < -0.3 is 14.5 Å². The SMILES string of the molecule is C[C@@H](Oc1ccccc1-c1nnc(-c2ccccc2)o1)C(=O)Nc1ccccc1Cl. The molecule has 150 valence electrons. The van der Waals surface area contributed by atoms with E-state index >= 15 is 0 Å². The van der Waals surface area contributed by atoms with Gasteiger partial charge in [0.05, 0.1) is 16.3 Å². The summed E-state index contributed by atoms with van der Waals surface area (Å²) in [6.07, 6.45) is -0.779. The molecule has 0 aliphatic heterocycles. The maximum Gasteiger partial charge on any atom is 0.265 e. The number of halogens is 1. The average molecular weight is 420 g/mol. The summed E-state index contributed by atoms with van der Waals surface area (Å²) >= 11 is 6.11. The number of amides is 1. The van der Waals surface area contributed by atoms with Crippen molar-refractivity contribution < 1.29 is 13.9 Å². The van der Waals surface area contributed by atoms with Crippen LogP contribution in [0.2, 0.25) is 5.02 Å². The van der Waals surface area contributed by atoms with E-state index in [0.29, 0.717) is 33.8 Å². The highest BCUT2D eigenvalue weighted by Crippen LogP contribution is 2.31. The second kappa shape index (κ2) is 8.80. The van der Waals surface area contributed by atoms with Gasteiger partial charge in [-0.25, -0.2) is 0 Å². The number of nitrogens with zero attached hydrogens (tertiary/aromatic N) is 2. The zero-order valence-corrected chi connectivity index (χ0v) is 16.8. The van der Waals surface area contributed by atoms with Crippen molar-refractivity contribution in [3.63, 3.8) is 0 Å². The first-order valence-electron chi connectivity index (χ1n) is 9.32. The van der Waals surface area contributed by atoms with E-state index in [-0.39, 0.29) is 5.91 Å². The smallest absolute Gasteiger partial charge is 0.265 e. The van der Waals surface area contributed by atoms with Crippen molar-refractivity contribution in [3.05, 3.63) is 83.9 Å². The van der Waals surface area contributed by atoms with Gasteiger partial charge in [0.1, 0.15) is 5.75 Å². The summed E-state index contributed by atoms with van der Waals surface area (Å²) in [5.41, 5.74) is 1.95. The Balaban J connectivity index is 1.53. The van der Waals surface area contributed by atoms with E-state index in [2.05, 4.69) is 15.5 Å². The lowest BCUT2D eigenvalue weighted by molar-refractivity contribution is -0.122. The minimum Gasteiger partial charge on any atom is -0.480 e. The van der Waals surface area contributed by atoms with E-state index in [4.69, 9.17) is 20.8 Å². The molecule has 0 radical (unpaired) electrons. The fraction of sp³-hybridized carbons (Fsp3) is 0.0870. The van der Waals surface area contributed by atoms with E-state index < -0.39 is 6.10 Å². The first-order valence-corrected chi connectivity index (χ1v) is 9.70. The number of benzene rings is 3. The van der Waals surface area contributed by atoms with Crippen molar-refractivity contribution in [1.82, 2.24) is 10.2 Å². The molecule has 30 heavy (non-hydrogen) atoms. The molecule has 0 bridgehead atoms. The minimum atomic E-state index is -0.779. The Morgan fingerprint density at radius 1 is 0.933 bits per heavy atom. The van der Waals surface area contributed by atoms with Gasteiger partial charge in [0.25, 0.3) is 11.8 Å². The standard InChI is InChI=1S/C23H18ClN3O3/c1-15(21(28)25-19-13-7-6-12-18(19)24)29-20-14-8-5-11-17(20)23-27-26-22(30-23)16-9-3-2-4-10-16/h2-15H,1H3,(H,25,28)/t15-/m1/s1. The van der Waals surface area contributed by atoms with E-state index in [1.807, 2.05) is 42.5 Å². The van der Waals surface area contributed by atoms with Gasteiger partial charge in [-0.3, -0.25) is 4.79 Å². The Morgan fingerprint density at radius 3 is 2.40 bits per heavy atom. The number of hydrogen-bond acceptors (Lipinski definition) is 5. The van der Waals surface area contributed by atoms with Crippen molar-refractivity contribution >= 4 is 23.2 Å². The highest BCUT2D eigenvalue weighted by Gasteiger charge is 2.20. The van der Waals surface area contributed by atoms with Crippen LogP contribution in [0.15, 0.2) is 83.3 Å². The van der Waals surface area contributed by atoms with Crippen LogP contribution < -0.4 is 10.1 Å². The number of anilines is 1. The average Bonchev–Trinajstić information content (AvgIpc) is 3.26. The number of para-hydroxylation sites is 2. The normalized spacial score (nSPS) is 11.7. The van der Waals surface area contributed by atoms with Gasteiger partial charge in [-0.05, 0) is 43.3 Å². The summed E-state index contributed by atoms with van der Waals surface area (Å²) in [6.45, 7) is 1.66. The molecule has 1 heterocycles. The zero-order chi connectivity index (χ0) is 20.9. The van der Waals surface area contributed by atoms with Gasteiger partial charge in [-0.1, -0.05) is 54.1 Å². The summed E-state index contributed by atoms with van der Waals surface area (Å²) < 4.78 is 11.7. The van der Waals surface area contributed by atoms with E-state index in [1.54, 1.807) is 43.3 Å². The van der Waals surface area contributed by atoms with Gasteiger partial charge in [0.2, 0.25) is 5.89 Å². The zero-order valence-electron chi connectivity index (χ0n) is 16.1. The van der Waals surface area contributed by atoms with E-state index in [1.165, 1.54) is 0 Å². The number of carbonyl (C=O) groups excluding carboxylic acids is 1. The van der Waals surface area contributed by atoms with E-state index in [0.717, 1.165) is 5.56 Å². The van der Waals surface area contributed by atoms with Crippen LogP contribution in [0.1, 0.15) is 6.92 Å². The summed E-state index contributed by atoms with van der Waals surface area (Å²) in [6, 6.07) is 23.7. The lowest BCUT2D eigenvalue weighted by Crippen LogP contribution is -2.30. The van der Waals surface area contributed by atoms with Gasteiger partial charge >= 0.3 is 0 Å². The predicted molar refractivity (Wildman–Crippen MR) is 115 cm³/mol. The fourth-order valence-corrected chi connectivity index (χ4v) is 3.00. The summed E-state index contributed by atoms with van der Waals surface area (Å²) in [7, 11) is 0. The topological polar surface area (TPSA) is 77.2 Å². The highest BCUT2D eigenvalue weighted by atomic mass is 35.5. The molecule has 4 aromatic rings. The van der Waals surface area contributed by atoms with Crippen molar-refractivity contribution in [1.29, 1.82) is 0 Å². The molecule has 0 fully saturated rings. The molecule has 4 rings (SSSR count). The molecular formula is C23H18ClN3O3. The van der Waals surface area contributed by atoms with Gasteiger partial charge in [0.15, 0.2) is 6.10 Å². The van der Waals surface area contributed by atoms with Gasteiger partial charge in [-0.2, -0.15) is 0 Å². The molecule has 0 aliphatic rings. The molecule has 1 aromatic heterocycles. The number of carbonyl (C=O) groups is 1. The Morgan fingerprint density at radius 2 is 1.60 bits per heavy atom. The molecule has 1 amide bonds. The molecule has 0 aliphatic carbocycles.